The molecule has 3 saturated carbocycles. The standard InChI is InChI=1S/C42H34N2O6/c45-37-19-20-38(46)43(37)30-7-15-34(16-8-30)49-32-11-3-28(4-12-32)41-25-23-27(26-41)36-2-1-24-42(36,41)29-5-13-33(14-6-29)50-35-17-9-31(10-18-35)44-39(47)21-22-40(44)48/h3-22,27,36H,1-2,23-26H2. The van der Waals surface area contributed by atoms with Crippen LogP contribution in [0.4, 0.5) is 11.4 Å². The fourth-order valence-corrected chi connectivity index (χ4v) is 9.82. The van der Waals surface area contributed by atoms with Crippen LogP contribution in [-0.2, 0) is 30.0 Å². The molecular formula is C42H34N2O6. The van der Waals surface area contributed by atoms with Crippen molar-refractivity contribution in [3.63, 3.8) is 0 Å². The van der Waals surface area contributed by atoms with E-state index in [1.165, 1.54) is 74.0 Å². The van der Waals surface area contributed by atoms with Gasteiger partial charge >= 0.3 is 0 Å². The van der Waals surface area contributed by atoms with Gasteiger partial charge in [-0.2, -0.15) is 0 Å². The first kappa shape index (κ1) is 30.3. The summed E-state index contributed by atoms with van der Waals surface area (Å²) in [6, 6.07) is 31.3. The second-order valence-corrected chi connectivity index (χ2v) is 14.0. The minimum Gasteiger partial charge on any atom is -0.457 e. The van der Waals surface area contributed by atoms with Gasteiger partial charge in [-0.15, -0.1) is 0 Å². The summed E-state index contributed by atoms with van der Waals surface area (Å²) in [6.07, 6.45) is 12.4. The number of benzene rings is 4. The molecular weight excluding hydrogens is 628 g/mol. The molecule has 4 unspecified atom stereocenters. The highest BCUT2D eigenvalue weighted by Crippen LogP contribution is 2.73. The predicted octanol–water partition coefficient (Wildman–Crippen LogP) is 7.92. The molecule has 2 heterocycles. The van der Waals surface area contributed by atoms with Crippen LogP contribution in [-0.4, -0.2) is 23.6 Å². The average Bonchev–Trinajstić information content (AvgIpc) is 3.96. The number of rotatable bonds is 8. The topological polar surface area (TPSA) is 93.2 Å². The van der Waals surface area contributed by atoms with Crippen molar-refractivity contribution in [2.75, 3.05) is 9.80 Å². The molecule has 4 aromatic carbocycles. The van der Waals surface area contributed by atoms with E-state index < -0.39 is 0 Å². The van der Waals surface area contributed by atoms with Gasteiger partial charge in [-0.25, -0.2) is 9.80 Å². The Bertz CT molecular complexity index is 2070. The Kier molecular flexibility index (Phi) is 6.91. The second kappa shape index (κ2) is 11.4. The zero-order chi connectivity index (χ0) is 34.0. The highest BCUT2D eigenvalue weighted by Gasteiger charge is 2.68. The first-order valence-corrected chi connectivity index (χ1v) is 17.2. The lowest BCUT2D eigenvalue weighted by Crippen LogP contribution is -2.47. The number of ether oxygens (including phenoxy) is 2. The second-order valence-electron chi connectivity index (χ2n) is 14.0. The molecule has 5 aliphatic rings. The molecule has 50 heavy (non-hydrogen) atoms. The first-order valence-electron chi connectivity index (χ1n) is 17.2. The fraction of sp³-hybridized carbons (Fsp3) is 0.238. The molecule has 0 aromatic heterocycles. The number of carbonyl (C=O) groups excluding carboxylic acids is 4. The van der Waals surface area contributed by atoms with Crippen molar-refractivity contribution in [3.05, 3.63) is 132 Å². The van der Waals surface area contributed by atoms with Gasteiger partial charge in [0.1, 0.15) is 23.0 Å². The Labute approximate surface area is 289 Å². The minimum atomic E-state index is -0.344. The molecule has 4 amide bonds. The lowest BCUT2D eigenvalue weighted by molar-refractivity contribution is -0.121. The van der Waals surface area contributed by atoms with Crippen molar-refractivity contribution >= 4 is 35.0 Å². The molecule has 2 aliphatic heterocycles. The van der Waals surface area contributed by atoms with Crippen LogP contribution in [0.2, 0.25) is 0 Å². The highest BCUT2D eigenvalue weighted by molar-refractivity contribution is 6.28. The van der Waals surface area contributed by atoms with Crippen LogP contribution in [0.3, 0.4) is 0 Å². The van der Waals surface area contributed by atoms with Gasteiger partial charge in [-0.1, -0.05) is 30.7 Å². The van der Waals surface area contributed by atoms with Gasteiger partial charge in [0.15, 0.2) is 0 Å². The van der Waals surface area contributed by atoms with Gasteiger partial charge in [0.05, 0.1) is 11.4 Å². The van der Waals surface area contributed by atoms with Crippen molar-refractivity contribution in [1.29, 1.82) is 0 Å². The Hall–Kier alpha value is -5.76. The number of carbonyl (C=O) groups is 4. The van der Waals surface area contributed by atoms with Crippen LogP contribution >= 0.6 is 0 Å². The quantitative estimate of drug-likeness (QED) is 0.178. The number of fused-ring (bicyclic) bond motifs is 5. The molecule has 0 N–H and O–H groups in total. The molecule has 0 saturated heterocycles. The van der Waals surface area contributed by atoms with E-state index in [4.69, 9.17) is 9.47 Å². The number of anilines is 2. The summed E-state index contributed by atoms with van der Waals surface area (Å²) in [5.74, 6) is 2.74. The molecule has 9 rings (SSSR count). The van der Waals surface area contributed by atoms with E-state index in [0.29, 0.717) is 28.8 Å². The van der Waals surface area contributed by atoms with E-state index in [9.17, 15) is 19.2 Å². The predicted molar refractivity (Wildman–Crippen MR) is 187 cm³/mol. The van der Waals surface area contributed by atoms with Gasteiger partial charge in [0, 0.05) is 35.1 Å². The van der Waals surface area contributed by atoms with Crippen LogP contribution in [0.5, 0.6) is 23.0 Å². The normalized spacial score (nSPS) is 26.4. The van der Waals surface area contributed by atoms with Gasteiger partial charge in [0.25, 0.3) is 23.6 Å². The fourth-order valence-electron chi connectivity index (χ4n) is 9.82. The molecule has 3 aliphatic carbocycles. The largest absolute Gasteiger partial charge is 0.457 e. The first-order chi connectivity index (χ1) is 24.3. The van der Waals surface area contributed by atoms with Crippen molar-refractivity contribution in [2.45, 2.75) is 49.4 Å². The monoisotopic (exact) mass is 662 g/mol. The average molecular weight is 663 g/mol. The maximum absolute atomic E-state index is 12.0. The zero-order valence-corrected chi connectivity index (χ0v) is 27.3. The van der Waals surface area contributed by atoms with Gasteiger partial charge in [-0.05, 0) is 128 Å². The molecule has 8 nitrogen and oxygen atoms in total. The molecule has 4 aromatic rings. The third kappa shape index (κ3) is 4.58. The SMILES string of the molecule is O=C1C=CC(=O)N1c1ccc(Oc2ccc(C34CCC(C3)C3CCCC34c3ccc(Oc4ccc(N5C(=O)C=CC5=O)cc4)cc3)cc2)cc1. The molecule has 0 radical (unpaired) electrons. The molecule has 248 valence electrons. The maximum atomic E-state index is 12.0. The number of hydrogen-bond donors (Lipinski definition) is 0. The van der Waals surface area contributed by atoms with Crippen molar-refractivity contribution < 1.29 is 28.7 Å². The summed E-state index contributed by atoms with van der Waals surface area (Å²) in [4.78, 5) is 50.5. The van der Waals surface area contributed by atoms with Gasteiger partial charge in [0.2, 0.25) is 0 Å². The summed E-state index contributed by atoms with van der Waals surface area (Å²) >= 11 is 0. The maximum Gasteiger partial charge on any atom is 0.258 e. The van der Waals surface area contributed by atoms with Crippen LogP contribution in [0.1, 0.15) is 49.7 Å². The number of imide groups is 2. The Morgan fingerprint density at radius 3 is 1.38 bits per heavy atom. The summed E-state index contributed by atoms with van der Waals surface area (Å²) in [7, 11) is 0. The van der Waals surface area contributed by atoms with Crippen molar-refractivity contribution in [2.24, 2.45) is 11.8 Å². The van der Waals surface area contributed by atoms with Gasteiger partial charge < -0.3 is 9.47 Å². The summed E-state index contributed by atoms with van der Waals surface area (Å²) < 4.78 is 12.4. The van der Waals surface area contributed by atoms with E-state index in [1.54, 1.807) is 48.5 Å². The number of hydrogen-bond acceptors (Lipinski definition) is 6. The van der Waals surface area contributed by atoms with Crippen LogP contribution < -0.4 is 19.3 Å². The van der Waals surface area contributed by atoms with E-state index in [0.717, 1.165) is 27.2 Å². The molecule has 0 spiro atoms. The lowest BCUT2D eigenvalue weighted by atomic mass is 9.54. The zero-order valence-electron chi connectivity index (χ0n) is 27.3. The Morgan fingerprint density at radius 1 is 0.500 bits per heavy atom. The van der Waals surface area contributed by atoms with Crippen molar-refractivity contribution in [1.82, 2.24) is 0 Å². The molecule has 3 fully saturated rings. The third-order valence-electron chi connectivity index (χ3n) is 11.8. The summed E-state index contributed by atoms with van der Waals surface area (Å²) in [6.45, 7) is 0. The molecule has 4 atom stereocenters. The van der Waals surface area contributed by atoms with Crippen LogP contribution in [0, 0.1) is 11.8 Å². The summed E-state index contributed by atoms with van der Waals surface area (Å²) in [5.41, 5.74) is 3.91. The number of amides is 4. The lowest BCUT2D eigenvalue weighted by Gasteiger charge is -2.49. The van der Waals surface area contributed by atoms with E-state index in [2.05, 4.69) is 48.5 Å². The van der Waals surface area contributed by atoms with E-state index in [-0.39, 0.29) is 34.5 Å². The molecule has 2 bridgehead atoms. The van der Waals surface area contributed by atoms with E-state index >= 15 is 0 Å². The Balaban J connectivity index is 0.936. The van der Waals surface area contributed by atoms with Crippen molar-refractivity contribution in [3.8, 4) is 23.0 Å². The third-order valence-corrected chi connectivity index (χ3v) is 11.8. The number of nitrogens with zero attached hydrogens (tertiary/aromatic N) is 2. The van der Waals surface area contributed by atoms with Gasteiger partial charge in [-0.3, -0.25) is 19.2 Å². The highest BCUT2D eigenvalue weighted by atomic mass is 16.5. The van der Waals surface area contributed by atoms with E-state index in [1.807, 2.05) is 0 Å². The minimum absolute atomic E-state index is 0.0549. The van der Waals surface area contributed by atoms with Crippen LogP contribution in [0.15, 0.2) is 121 Å². The Morgan fingerprint density at radius 2 is 0.920 bits per heavy atom. The van der Waals surface area contributed by atoms with Crippen LogP contribution in [0.25, 0.3) is 0 Å². The molecule has 8 heteroatoms. The summed E-state index contributed by atoms with van der Waals surface area (Å²) in [5, 5.41) is 0. The smallest absolute Gasteiger partial charge is 0.258 e.